The van der Waals surface area contributed by atoms with Gasteiger partial charge in [-0.3, -0.25) is 4.79 Å². The van der Waals surface area contributed by atoms with Crippen LogP contribution in [-0.4, -0.2) is 31.1 Å². The molecule has 5 nitrogen and oxygen atoms in total. The lowest BCUT2D eigenvalue weighted by Gasteiger charge is -2.21. The number of rotatable bonds is 5. The molecule has 1 aliphatic rings. The molecule has 1 aromatic heterocycles. The molecule has 2 rings (SSSR count). The van der Waals surface area contributed by atoms with Crippen molar-refractivity contribution in [2.75, 3.05) is 20.2 Å². The first kappa shape index (κ1) is 14.4. The normalized spacial score (nSPS) is 21.1. The zero-order chi connectivity index (χ0) is 13.7. The van der Waals surface area contributed by atoms with E-state index in [1.807, 2.05) is 12.3 Å². The Labute approximate surface area is 117 Å². The van der Waals surface area contributed by atoms with Gasteiger partial charge in [0.15, 0.2) is 0 Å². The van der Waals surface area contributed by atoms with Crippen molar-refractivity contribution in [1.29, 1.82) is 0 Å². The molecule has 6 heteroatoms. The van der Waals surface area contributed by atoms with Crippen molar-refractivity contribution in [3.63, 3.8) is 0 Å². The lowest BCUT2D eigenvalue weighted by Crippen LogP contribution is -2.40. The van der Waals surface area contributed by atoms with E-state index in [1.165, 1.54) is 0 Å². The summed E-state index contributed by atoms with van der Waals surface area (Å²) in [5.74, 6) is 0.228. The minimum Gasteiger partial charge on any atom is -0.375 e. The van der Waals surface area contributed by atoms with Gasteiger partial charge < -0.3 is 15.4 Å². The standard InChI is InChI=1S/C13H21N3O2S/c1-9(18-2)13-16-11(8-19-13)7-15-12(17)10-4-3-5-14-6-10/h8-10,14H,3-7H2,1-2H3,(H,15,17). The van der Waals surface area contributed by atoms with Crippen LogP contribution >= 0.6 is 11.3 Å². The largest absolute Gasteiger partial charge is 0.375 e. The Balaban J connectivity index is 1.81. The third kappa shape index (κ3) is 3.99. The molecule has 1 aromatic rings. The molecule has 1 fully saturated rings. The fourth-order valence-electron chi connectivity index (χ4n) is 2.09. The SMILES string of the molecule is COC(C)c1nc(CNC(=O)C2CCCNC2)cs1. The monoisotopic (exact) mass is 283 g/mol. The van der Waals surface area contributed by atoms with Crippen LogP contribution in [0.3, 0.4) is 0 Å². The van der Waals surface area contributed by atoms with Crippen molar-refractivity contribution in [3.8, 4) is 0 Å². The third-order valence-electron chi connectivity index (χ3n) is 3.38. The molecular weight excluding hydrogens is 262 g/mol. The van der Waals surface area contributed by atoms with Gasteiger partial charge >= 0.3 is 0 Å². The molecule has 1 amide bonds. The number of carbonyl (C=O) groups is 1. The predicted octanol–water partition coefficient (Wildman–Crippen LogP) is 1.47. The van der Waals surface area contributed by atoms with Crippen LogP contribution in [0.5, 0.6) is 0 Å². The van der Waals surface area contributed by atoms with Crippen molar-refractivity contribution in [1.82, 2.24) is 15.6 Å². The summed E-state index contributed by atoms with van der Waals surface area (Å²) >= 11 is 1.57. The first-order chi connectivity index (χ1) is 9.20. The number of thiazole rings is 1. The van der Waals surface area contributed by atoms with E-state index in [4.69, 9.17) is 4.74 Å². The molecule has 1 saturated heterocycles. The summed E-state index contributed by atoms with van der Waals surface area (Å²) in [5.41, 5.74) is 0.904. The number of carbonyl (C=O) groups excluding carboxylic acids is 1. The number of aromatic nitrogens is 1. The smallest absolute Gasteiger partial charge is 0.224 e. The molecule has 106 valence electrons. The molecule has 0 radical (unpaired) electrons. The molecule has 0 bridgehead atoms. The maximum atomic E-state index is 12.0. The summed E-state index contributed by atoms with van der Waals surface area (Å²) in [6, 6.07) is 0. The maximum Gasteiger partial charge on any atom is 0.224 e. The highest BCUT2D eigenvalue weighted by molar-refractivity contribution is 7.09. The number of hydrogen-bond donors (Lipinski definition) is 2. The van der Waals surface area contributed by atoms with Gasteiger partial charge in [-0.1, -0.05) is 0 Å². The molecule has 19 heavy (non-hydrogen) atoms. The van der Waals surface area contributed by atoms with Crippen molar-refractivity contribution in [2.24, 2.45) is 5.92 Å². The molecular formula is C13H21N3O2S. The molecule has 0 aromatic carbocycles. The Morgan fingerprint density at radius 3 is 3.26 bits per heavy atom. The van der Waals surface area contributed by atoms with E-state index in [2.05, 4.69) is 15.6 Å². The van der Waals surface area contributed by atoms with Crippen molar-refractivity contribution in [2.45, 2.75) is 32.4 Å². The highest BCUT2D eigenvalue weighted by Gasteiger charge is 2.20. The lowest BCUT2D eigenvalue weighted by atomic mass is 9.99. The molecule has 2 N–H and O–H groups in total. The average molecular weight is 283 g/mol. The Hall–Kier alpha value is -0.980. The van der Waals surface area contributed by atoms with Crippen LogP contribution in [0.15, 0.2) is 5.38 Å². The minimum atomic E-state index is 0.0111. The second-order valence-electron chi connectivity index (χ2n) is 4.82. The van der Waals surface area contributed by atoms with Gasteiger partial charge in [-0.15, -0.1) is 11.3 Å². The lowest BCUT2D eigenvalue weighted by molar-refractivity contribution is -0.125. The summed E-state index contributed by atoms with van der Waals surface area (Å²) < 4.78 is 5.22. The van der Waals surface area contributed by atoms with Crippen LogP contribution in [0.4, 0.5) is 0 Å². The first-order valence-electron chi connectivity index (χ1n) is 6.66. The van der Waals surface area contributed by atoms with Gasteiger partial charge in [-0.05, 0) is 26.3 Å². The molecule has 0 saturated carbocycles. The molecule has 1 aliphatic heterocycles. The number of nitrogens with zero attached hydrogens (tertiary/aromatic N) is 1. The van der Waals surface area contributed by atoms with Crippen LogP contribution in [0.2, 0.25) is 0 Å². The van der Waals surface area contributed by atoms with Crippen LogP contribution in [0.1, 0.15) is 36.6 Å². The predicted molar refractivity (Wildman–Crippen MR) is 75.0 cm³/mol. The van der Waals surface area contributed by atoms with E-state index in [0.717, 1.165) is 36.6 Å². The number of methoxy groups -OCH3 is 1. The van der Waals surface area contributed by atoms with Crippen LogP contribution in [0, 0.1) is 5.92 Å². The Morgan fingerprint density at radius 2 is 2.58 bits per heavy atom. The van der Waals surface area contributed by atoms with Crippen molar-refractivity contribution in [3.05, 3.63) is 16.1 Å². The minimum absolute atomic E-state index is 0.0111. The van der Waals surface area contributed by atoms with Gasteiger partial charge in [-0.2, -0.15) is 0 Å². The van der Waals surface area contributed by atoms with Gasteiger partial charge in [0.2, 0.25) is 5.91 Å². The molecule has 0 aliphatic carbocycles. The van der Waals surface area contributed by atoms with Gasteiger partial charge in [0.25, 0.3) is 0 Å². The Kier molecular flexibility index (Phi) is 5.30. The highest BCUT2D eigenvalue weighted by atomic mass is 32.1. The van der Waals surface area contributed by atoms with Crippen LogP contribution < -0.4 is 10.6 Å². The van der Waals surface area contributed by atoms with E-state index >= 15 is 0 Å². The summed E-state index contributed by atoms with van der Waals surface area (Å²) in [6.45, 7) is 4.28. The first-order valence-corrected chi connectivity index (χ1v) is 7.54. The number of piperidine rings is 1. The van der Waals surface area contributed by atoms with Crippen molar-refractivity contribution < 1.29 is 9.53 Å². The Bertz CT molecular complexity index is 416. The topological polar surface area (TPSA) is 63.2 Å². The quantitative estimate of drug-likeness (QED) is 0.859. The summed E-state index contributed by atoms with van der Waals surface area (Å²) in [7, 11) is 1.67. The average Bonchev–Trinajstić information content (AvgIpc) is 2.93. The fourth-order valence-corrected chi connectivity index (χ4v) is 2.94. The summed E-state index contributed by atoms with van der Waals surface area (Å²) in [6.07, 6.45) is 2.06. The second kappa shape index (κ2) is 6.98. The second-order valence-corrected chi connectivity index (χ2v) is 5.71. The van der Waals surface area contributed by atoms with E-state index in [9.17, 15) is 4.79 Å². The summed E-state index contributed by atoms with van der Waals surface area (Å²) in [4.78, 5) is 16.4. The highest BCUT2D eigenvalue weighted by Crippen LogP contribution is 2.20. The maximum absolute atomic E-state index is 12.0. The van der Waals surface area contributed by atoms with Crippen LogP contribution in [0.25, 0.3) is 0 Å². The number of ether oxygens (including phenoxy) is 1. The molecule has 0 spiro atoms. The van der Waals surface area contributed by atoms with Crippen LogP contribution in [-0.2, 0) is 16.1 Å². The van der Waals surface area contributed by atoms with Gasteiger partial charge in [-0.25, -0.2) is 4.98 Å². The van der Waals surface area contributed by atoms with Gasteiger partial charge in [0.05, 0.1) is 18.2 Å². The van der Waals surface area contributed by atoms with Gasteiger partial charge in [0.1, 0.15) is 11.1 Å². The van der Waals surface area contributed by atoms with E-state index in [0.29, 0.717) is 6.54 Å². The summed E-state index contributed by atoms with van der Waals surface area (Å²) in [5, 5.41) is 9.14. The van der Waals surface area contributed by atoms with Crippen molar-refractivity contribution >= 4 is 17.2 Å². The van der Waals surface area contributed by atoms with E-state index < -0.39 is 0 Å². The molecule has 2 unspecified atom stereocenters. The zero-order valence-electron chi connectivity index (χ0n) is 11.4. The number of nitrogens with one attached hydrogen (secondary N) is 2. The van der Waals surface area contributed by atoms with E-state index in [-0.39, 0.29) is 17.9 Å². The zero-order valence-corrected chi connectivity index (χ0v) is 12.3. The van der Waals surface area contributed by atoms with Gasteiger partial charge in [0, 0.05) is 19.0 Å². The number of hydrogen-bond acceptors (Lipinski definition) is 5. The fraction of sp³-hybridized carbons (Fsp3) is 0.692. The third-order valence-corrected chi connectivity index (χ3v) is 4.44. The number of amides is 1. The Morgan fingerprint density at radius 1 is 1.74 bits per heavy atom. The molecule has 2 heterocycles. The molecule has 2 atom stereocenters. The van der Waals surface area contributed by atoms with E-state index in [1.54, 1.807) is 18.4 Å².